The maximum atomic E-state index is 11.7. The molecule has 0 N–H and O–H groups in total. The second-order valence-electron chi connectivity index (χ2n) is 5.44. The predicted octanol–water partition coefficient (Wildman–Crippen LogP) is 3.37. The zero-order chi connectivity index (χ0) is 15.0. The number of hydrogen-bond donors (Lipinski definition) is 0. The fourth-order valence-corrected chi connectivity index (χ4v) is 3.50. The van der Waals surface area contributed by atoms with Gasteiger partial charge in [0.05, 0.1) is 17.1 Å². The van der Waals surface area contributed by atoms with Crippen molar-refractivity contribution in [2.75, 3.05) is 19.5 Å². The average Bonchev–Trinajstić information content (AvgIpc) is 2.80. The molecular weight excluding hydrogens is 354 g/mol. The molecule has 2 aromatic rings. The maximum absolute atomic E-state index is 11.7. The molecule has 0 spiro atoms. The number of carbonyl (C=O) groups is 1. The number of hydrogen-bond acceptors (Lipinski definition) is 2. The second-order valence-corrected chi connectivity index (χ2v) is 6.73. The minimum absolute atomic E-state index is 0.218. The van der Waals surface area contributed by atoms with Gasteiger partial charge >= 0.3 is 0 Å². The molecule has 0 aliphatic carbocycles. The molecule has 2 heterocycles. The van der Waals surface area contributed by atoms with Gasteiger partial charge in [0.1, 0.15) is 5.82 Å². The minimum atomic E-state index is 0.218. The first-order valence-corrected chi connectivity index (χ1v) is 8.39. The molecule has 0 radical (unpaired) electrons. The van der Waals surface area contributed by atoms with Crippen LogP contribution < -0.4 is 0 Å². The Morgan fingerprint density at radius 2 is 2.29 bits per heavy atom. The number of benzene rings is 1. The van der Waals surface area contributed by atoms with Crippen molar-refractivity contribution in [1.29, 1.82) is 0 Å². The van der Waals surface area contributed by atoms with Gasteiger partial charge in [0.2, 0.25) is 5.91 Å². The number of imidazole rings is 1. The zero-order valence-corrected chi connectivity index (χ0v) is 14.2. The van der Waals surface area contributed by atoms with E-state index in [1.807, 2.05) is 24.1 Å². The van der Waals surface area contributed by atoms with Gasteiger partial charge in [-0.3, -0.25) is 4.79 Å². The number of piperidine rings is 1. The molecule has 1 saturated heterocycles. The van der Waals surface area contributed by atoms with E-state index in [9.17, 15) is 4.79 Å². The quantitative estimate of drug-likeness (QED) is 0.777. The molecule has 1 fully saturated rings. The van der Waals surface area contributed by atoms with Gasteiger partial charge in [-0.25, -0.2) is 4.98 Å². The highest BCUT2D eigenvalue weighted by molar-refractivity contribution is 9.10. The first kappa shape index (κ1) is 14.9. The van der Waals surface area contributed by atoms with Crippen molar-refractivity contribution >= 4 is 44.5 Å². The van der Waals surface area contributed by atoms with Crippen molar-refractivity contribution in [3.8, 4) is 0 Å². The smallest absolute Gasteiger partial charge is 0.222 e. The molecular formula is C15H17BrClN3O. The van der Waals surface area contributed by atoms with Crippen LogP contribution in [-0.2, 0) is 11.2 Å². The number of halogens is 2. The van der Waals surface area contributed by atoms with Crippen LogP contribution in [0.1, 0.15) is 24.7 Å². The van der Waals surface area contributed by atoms with Gasteiger partial charge < -0.3 is 9.47 Å². The highest BCUT2D eigenvalue weighted by Crippen LogP contribution is 2.29. The number of fused-ring (bicyclic) bond motifs is 1. The second kappa shape index (κ2) is 5.97. The predicted molar refractivity (Wildman–Crippen MR) is 87.8 cm³/mol. The fraction of sp³-hybridized carbons (Fsp3) is 0.467. The third kappa shape index (κ3) is 2.81. The third-order valence-corrected chi connectivity index (χ3v) is 4.69. The molecule has 0 bridgehead atoms. The summed E-state index contributed by atoms with van der Waals surface area (Å²) in [6, 6.07) is 6.38. The Hall–Kier alpha value is -1.07. The van der Waals surface area contributed by atoms with E-state index in [0.29, 0.717) is 12.3 Å². The number of aryl methyl sites for hydroxylation is 1. The van der Waals surface area contributed by atoms with Crippen LogP contribution in [0.2, 0.25) is 0 Å². The van der Waals surface area contributed by atoms with E-state index < -0.39 is 0 Å². The highest BCUT2D eigenvalue weighted by Gasteiger charge is 2.27. The molecule has 6 heteroatoms. The number of amides is 1. The Bertz CT molecular complexity index is 685. The van der Waals surface area contributed by atoms with Crippen LogP contribution in [0.3, 0.4) is 0 Å². The van der Waals surface area contributed by atoms with Gasteiger partial charge in [-0.2, -0.15) is 0 Å². The summed E-state index contributed by atoms with van der Waals surface area (Å²) in [6.07, 6.45) is 2.19. The van der Waals surface area contributed by atoms with Crippen LogP contribution in [-0.4, -0.2) is 39.8 Å². The first-order chi connectivity index (χ1) is 10.1. The number of alkyl halides is 1. The molecule has 1 aliphatic heterocycles. The normalized spacial score (nSPS) is 19.5. The number of carbonyl (C=O) groups excluding carboxylic acids is 1. The van der Waals surface area contributed by atoms with E-state index in [1.54, 1.807) is 0 Å². The number of likely N-dealkylation sites (N-methyl/N-ethyl adjacent to an activating group) is 1. The summed E-state index contributed by atoms with van der Waals surface area (Å²) >= 11 is 9.46. The number of nitrogens with zero attached hydrogens (tertiary/aromatic N) is 3. The molecule has 1 unspecified atom stereocenters. The van der Waals surface area contributed by atoms with Gasteiger partial charge in [-0.05, 0) is 24.6 Å². The number of likely N-dealkylation sites (tertiary alicyclic amines) is 1. The van der Waals surface area contributed by atoms with Gasteiger partial charge in [0.25, 0.3) is 0 Å². The fourth-order valence-electron chi connectivity index (χ4n) is 2.99. The lowest BCUT2D eigenvalue weighted by Gasteiger charge is -2.31. The Morgan fingerprint density at radius 3 is 3.00 bits per heavy atom. The van der Waals surface area contributed by atoms with E-state index in [0.717, 1.165) is 40.7 Å². The van der Waals surface area contributed by atoms with Gasteiger partial charge in [-0.1, -0.05) is 15.9 Å². The molecule has 1 amide bonds. The zero-order valence-electron chi connectivity index (χ0n) is 11.9. The summed E-state index contributed by atoms with van der Waals surface area (Å²) in [5.41, 5.74) is 2.09. The van der Waals surface area contributed by atoms with Crippen LogP contribution >= 0.6 is 27.5 Å². The van der Waals surface area contributed by atoms with Gasteiger partial charge in [-0.15, -0.1) is 11.6 Å². The number of rotatable bonds is 3. The van der Waals surface area contributed by atoms with Crippen molar-refractivity contribution in [2.24, 2.45) is 0 Å². The number of aromatic nitrogens is 2. The largest absolute Gasteiger partial charge is 0.344 e. The Morgan fingerprint density at radius 1 is 1.48 bits per heavy atom. The topological polar surface area (TPSA) is 38.1 Å². The first-order valence-electron chi connectivity index (χ1n) is 7.06. The molecule has 112 valence electrons. The summed E-state index contributed by atoms with van der Waals surface area (Å²) in [6.45, 7) is 0.728. The van der Waals surface area contributed by atoms with Gasteiger partial charge in [0.15, 0.2) is 0 Å². The van der Waals surface area contributed by atoms with E-state index in [2.05, 4.69) is 26.6 Å². The Balaban J connectivity index is 2.08. The van der Waals surface area contributed by atoms with Crippen LogP contribution in [0.15, 0.2) is 22.7 Å². The molecule has 0 saturated carbocycles. The molecule has 1 aromatic carbocycles. The molecule has 4 nitrogen and oxygen atoms in total. The van der Waals surface area contributed by atoms with Crippen LogP contribution in [0.5, 0.6) is 0 Å². The summed E-state index contributed by atoms with van der Waals surface area (Å²) < 4.78 is 3.31. The van der Waals surface area contributed by atoms with E-state index >= 15 is 0 Å². The van der Waals surface area contributed by atoms with Crippen LogP contribution in [0, 0.1) is 0 Å². The van der Waals surface area contributed by atoms with Crippen molar-refractivity contribution in [3.05, 3.63) is 28.5 Å². The summed E-state index contributed by atoms with van der Waals surface area (Å²) in [5.74, 6) is 1.77. The highest BCUT2D eigenvalue weighted by atomic mass is 79.9. The van der Waals surface area contributed by atoms with Crippen LogP contribution in [0.25, 0.3) is 11.0 Å². The molecule has 1 aromatic heterocycles. The molecule has 21 heavy (non-hydrogen) atoms. The maximum Gasteiger partial charge on any atom is 0.222 e. The Labute approximate surface area is 137 Å². The van der Waals surface area contributed by atoms with Crippen molar-refractivity contribution < 1.29 is 4.79 Å². The van der Waals surface area contributed by atoms with Crippen LogP contribution in [0.4, 0.5) is 0 Å². The minimum Gasteiger partial charge on any atom is -0.344 e. The SMILES string of the molecule is CN1CC(n2c(CCCl)nc3ccc(Br)cc32)CCC1=O. The van der Waals surface area contributed by atoms with E-state index in [4.69, 9.17) is 16.6 Å². The van der Waals surface area contributed by atoms with Crippen molar-refractivity contribution in [2.45, 2.75) is 25.3 Å². The van der Waals surface area contributed by atoms with Crippen molar-refractivity contribution in [1.82, 2.24) is 14.5 Å². The molecule has 1 atom stereocenters. The van der Waals surface area contributed by atoms with Gasteiger partial charge in [0, 0.05) is 36.8 Å². The summed E-state index contributed by atoms with van der Waals surface area (Å²) in [5, 5.41) is 0. The van der Waals surface area contributed by atoms with Crippen molar-refractivity contribution in [3.63, 3.8) is 0 Å². The average molecular weight is 371 g/mol. The molecule has 1 aliphatic rings. The lowest BCUT2D eigenvalue weighted by molar-refractivity contribution is -0.132. The Kier molecular flexibility index (Phi) is 4.22. The summed E-state index contributed by atoms with van der Waals surface area (Å²) in [7, 11) is 1.87. The summed E-state index contributed by atoms with van der Waals surface area (Å²) in [4.78, 5) is 18.2. The molecule has 3 rings (SSSR count). The lowest BCUT2D eigenvalue weighted by atomic mass is 10.0. The van der Waals surface area contributed by atoms with E-state index in [1.165, 1.54) is 0 Å². The lowest BCUT2D eigenvalue weighted by Crippen LogP contribution is -2.38. The monoisotopic (exact) mass is 369 g/mol. The third-order valence-electron chi connectivity index (χ3n) is 4.01. The standard InChI is InChI=1S/C15H17BrClN3O/c1-19-9-11(3-5-15(19)21)20-13-8-10(16)2-4-12(13)18-14(20)6-7-17/h2,4,8,11H,3,5-7,9H2,1H3. The van der Waals surface area contributed by atoms with E-state index in [-0.39, 0.29) is 11.9 Å².